The van der Waals surface area contributed by atoms with Crippen molar-refractivity contribution >= 4 is 5.91 Å². The van der Waals surface area contributed by atoms with Gasteiger partial charge in [-0.15, -0.1) is 0 Å². The summed E-state index contributed by atoms with van der Waals surface area (Å²) in [5.41, 5.74) is 1.28. The Morgan fingerprint density at radius 3 is 2.83 bits per heavy atom. The predicted molar refractivity (Wildman–Crippen MR) is 86.5 cm³/mol. The Bertz CT molecular complexity index is 682. The number of aryl methyl sites for hydroxylation is 2. The van der Waals surface area contributed by atoms with E-state index in [4.69, 9.17) is 4.52 Å². The lowest BCUT2D eigenvalue weighted by atomic mass is 10.0. The summed E-state index contributed by atoms with van der Waals surface area (Å²) in [4.78, 5) is 19.2. The Hall–Kier alpha value is -2.11. The second kappa shape index (κ2) is 6.18. The van der Waals surface area contributed by atoms with Crippen LogP contribution in [0.3, 0.4) is 0 Å². The zero-order chi connectivity index (χ0) is 16.6. The van der Waals surface area contributed by atoms with E-state index < -0.39 is 0 Å². The lowest BCUT2D eigenvalue weighted by Crippen LogP contribution is -2.41. The number of aromatic nitrogens is 3. The molecule has 1 saturated heterocycles. The van der Waals surface area contributed by atoms with Crippen molar-refractivity contribution < 1.29 is 9.32 Å². The van der Waals surface area contributed by atoms with Crippen molar-refractivity contribution in [2.75, 3.05) is 13.1 Å². The van der Waals surface area contributed by atoms with Gasteiger partial charge in [-0.2, -0.15) is 0 Å². The van der Waals surface area contributed by atoms with Crippen LogP contribution in [0.25, 0.3) is 0 Å². The highest BCUT2D eigenvalue weighted by Crippen LogP contribution is 2.27. The molecule has 1 aliphatic heterocycles. The maximum absolute atomic E-state index is 12.8. The van der Waals surface area contributed by atoms with E-state index >= 15 is 0 Å². The van der Waals surface area contributed by atoms with Crippen molar-refractivity contribution in [2.45, 2.75) is 52.5 Å². The monoisotopic (exact) mass is 316 g/mol. The number of amides is 1. The Morgan fingerprint density at radius 1 is 1.39 bits per heavy atom. The van der Waals surface area contributed by atoms with Crippen LogP contribution in [0.2, 0.25) is 0 Å². The second-order valence-corrected chi connectivity index (χ2v) is 6.59. The van der Waals surface area contributed by atoms with Gasteiger partial charge in [-0.3, -0.25) is 4.79 Å². The molecule has 1 fully saturated rings. The zero-order valence-corrected chi connectivity index (χ0v) is 14.2. The summed E-state index contributed by atoms with van der Waals surface area (Å²) < 4.78 is 7.38. The van der Waals surface area contributed by atoms with Crippen LogP contribution in [0.1, 0.15) is 66.3 Å². The smallest absolute Gasteiger partial charge is 0.259 e. The lowest BCUT2D eigenvalue weighted by Gasteiger charge is -2.34. The average Bonchev–Trinajstić information content (AvgIpc) is 3.14. The van der Waals surface area contributed by atoms with Crippen LogP contribution >= 0.6 is 0 Å². The van der Waals surface area contributed by atoms with Gasteiger partial charge in [0.2, 0.25) is 0 Å². The molecule has 2 aromatic rings. The first-order valence-corrected chi connectivity index (χ1v) is 8.24. The van der Waals surface area contributed by atoms with Crippen LogP contribution < -0.4 is 0 Å². The molecule has 2 aromatic heterocycles. The van der Waals surface area contributed by atoms with Crippen molar-refractivity contribution in [3.63, 3.8) is 0 Å². The van der Waals surface area contributed by atoms with E-state index in [1.54, 1.807) is 6.92 Å². The normalized spacial score (nSPS) is 18.7. The van der Waals surface area contributed by atoms with Crippen LogP contribution in [-0.4, -0.2) is 38.6 Å². The molecule has 0 aromatic carbocycles. The average molecular weight is 316 g/mol. The maximum Gasteiger partial charge on any atom is 0.259 e. The summed E-state index contributed by atoms with van der Waals surface area (Å²) in [6, 6.07) is 0.285. The third-order valence-corrected chi connectivity index (χ3v) is 4.54. The van der Waals surface area contributed by atoms with Gasteiger partial charge in [-0.25, -0.2) is 4.98 Å². The van der Waals surface area contributed by atoms with Gasteiger partial charge in [0, 0.05) is 31.4 Å². The molecule has 1 amide bonds. The summed E-state index contributed by atoms with van der Waals surface area (Å²) in [7, 11) is 0. The van der Waals surface area contributed by atoms with Gasteiger partial charge in [0.05, 0.1) is 11.7 Å². The number of carbonyl (C=O) groups is 1. The number of likely N-dealkylation sites (tertiary alicyclic amines) is 1. The van der Waals surface area contributed by atoms with E-state index in [1.807, 2.05) is 24.2 Å². The fourth-order valence-electron chi connectivity index (χ4n) is 3.39. The van der Waals surface area contributed by atoms with E-state index in [-0.39, 0.29) is 11.9 Å². The minimum absolute atomic E-state index is 0.0252. The van der Waals surface area contributed by atoms with Gasteiger partial charge in [0.15, 0.2) is 0 Å². The minimum atomic E-state index is 0.0252. The molecule has 6 heteroatoms. The molecule has 0 spiro atoms. The van der Waals surface area contributed by atoms with Crippen LogP contribution in [0.15, 0.2) is 16.9 Å². The topological polar surface area (TPSA) is 64.2 Å². The molecular formula is C17H24N4O2. The minimum Gasteiger partial charge on any atom is -0.361 e. The number of hydrogen-bond acceptors (Lipinski definition) is 4. The third-order valence-electron chi connectivity index (χ3n) is 4.54. The molecule has 1 aliphatic rings. The van der Waals surface area contributed by atoms with Gasteiger partial charge in [-0.1, -0.05) is 19.0 Å². The quantitative estimate of drug-likeness (QED) is 0.873. The Balaban J connectivity index is 1.81. The molecule has 124 valence electrons. The molecule has 0 saturated carbocycles. The molecule has 6 nitrogen and oxygen atoms in total. The van der Waals surface area contributed by atoms with Gasteiger partial charge in [-0.05, 0) is 26.7 Å². The molecule has 23 heavy (non-hydrogen) atoms. The molecule has 0 bridgehead atoms. The zero-order valence-electron chi connectivity index (χ0n) is 14.2. The molecule has 0 aliphatic carbocycles. The summed E-state index contributed by atoms with van der Waals surface area (Å²) >= 11 is 0. The molecule has 0 unspecified atom stereocenters. The van der Waals surface area contributed by atoms with Crippen molar-refractivity contribution in [2.24, 2.45) is 0 Å². The molecule has 3 rings (SSSR count). The maximum atomic E-state index is 12.8. The molecule has 3 heterocycles. The number of nitrogens with zero attached hydrogens (tertiary/aromatic N) is 4. The number of hydrogen-bond donors (Lipinski definition) is 0. The fraction of sp³-hybridized carbons (Fsp3) is 0.588. The SMILES string of the molecule is Cc1noc(C)c1C(=O)N1CCC[C@H](n2ccnc2C(C)C)C1. The Kier molecular flexibility index (Phi) is 4.24. The van der Waals surface area contributed by atoms with E-state index in [0.717, 1.165) is 25.2 Å². The molecular weight excluding hydrogens is 292 g/mol. The van der Waals surface area contributed by atoms with Crippen LogP contribution in [0.4, 0.5) is 0 Å². The second-order valence-electron chi connectivity index (χ2n) is 6.59. The molecule has 1 atom stereocenters. The standard InChI is InChI=1S/C17H24N4O2/c1-11(2)16-18-7-9-21(16)14-6-5-8-20(10-14)17(22)15-12(3)19-23-13(15)4/h7,9,11,14H,5-6,8,10H2,1-4H3/t14-/m0/s1. The van der Waals surface area contributed by atoms with E-state index in [9.17, 15) is 4.79 Å². The summed E-state index contributed by atoms with van der Waals surface area (Å²) in [5.74, 6) is 2.08. The fourth-order valence-corrected chi connectivity index (χ4v) is 3.39. The predicted octanol–water partition coefficient (Wildman–Crippen LogP) is 3.09. The van der Waals surface area contributed by atoms with Crippen LogP contribution in [0.5, 0.6) is 0 Å². The Labute approximate surface area is 136 Å². The number of imidazole rings is 1. The first-order valence-electron chi connectivity index (χ1n) is 8.24. The van der Waals surface area contributed by atoms with E-state index in [1.165, 1.54) is 0 Å². The summed E-state index contributed by atoms with van der Waals surface area (Å²) in [6.45, 7) is 9.40. The highest BCUT2D eigenvalue weighted by atomic mass is 16.5. The van der Waals surface area contributed by atoms with Crippen molar-refractivity contribution in [3.8, 4) is 0 Å². The number of rotatable bonds is 3. The van der Waals surface area contributed by atoms with Crippen LogP contribution in [0, 0.1) is 13.8 Å². The first kappa shape index (κ1) is 15.8. The summed E-state index contributed by atoms with van der Waals surface area (Å²) in [5, 5.41) is 3.90. The number of carbonyl (C=O) groups excluding carboxylic acids is 1. The van der Waals surface area contributed by atoms with Gasteiger partial charge in [0.1, 0.15) is 17.1 Å². The van der Waals surface area contributed by atoms with Gasteiger partial charge in [0.25, 0.3) is 5.91 Å². The van der Waals surface area contributed by atoms with E-state index in [2.05, 4.69) is 28.6 Å². The van der Waals surface area contributed by atoms with Crippen molar-refractivity contribution in [1.29, 1.82) is 0 Å². The van der Waals surface area contributed by atoms with E-state index in [0.29, 0.717) is 29.5 Å². The highest BCUT2D eigenvalue weighted by molar-refractivity contribution is 5.96. The number of piperidine rings is 1. The summed E-state index contributed by atoms with van der Waals surface area (Å²) in [6.07, 6.45) is 5.95. The largest absolute Gasteiger partial charge is 0.361 e. The highest BCUT2D eigenvalue weighted by Gasteiger charge is 2.29. The Morgan fingerprint density at radius 2 is 2.17 bits per heavy atom. The van der Waals surface area contributed by atoms with Crippen molar-refractivity contribution in [1.82, 2.24) is 19.6 Å². The van der Waals surface area contributed by atoms with Crippen molar-refractivity contribution in [3.05, 3.63) is 35.2 Å². The van der Waals surface area contributed by atoms with Gasteiger partial charge >= 0.3 is 0 Å². The molecule has 0 radical (unpaired) electrons. The third kappa shape index (κ3) is 2.90. The van der Waals surface area contributed by atoms with Crippen LogP contribution in [-0.2, 0) is 0 Å². The molecule has 0 N–H and O–H groups in total. The first-order chi connectivity index (χ1) is 11.0. The lowest BCUT2D eigenvalue weighted by molar-refractivity contribution is 0.0675. The van der Waals surface area contributed by atoms with Gasteiger partial charge < -0.3 is 14.0 Å².